The Bertz CT molecular complexity index is 1320. The third-order valence-corrected chi connectivity index (χ3v) is 7.51. The van der Waals surface area contributed by atoms with Gasteiger partial charge in [0.1, 0.15) is 18.2 Å². The summed E-state index contributed by atoms with van der Waals surface area (Å²) >= 11 is 1.38. The fraction of sp³-hybridized carbons (Fsp3) is 0.267. The van der Waals surface area contributed by atoms with Gasteiger partial charge in [0, 0.05) is 30.9 Å². The number of carbonyl (C=O) groups is 1. The van der Waals surface area contributed by atoms with Crippen LogP contribution in [-0.4, -0.2) is 35.6 Å². The van der Waals surface area contributed by atoms with Crippen molar-refractivity contribution in [3.05, 3.63) is 94.6 Å². The van der Waals surface area contributed by atoms with Gasteiger partial charge in [-0.05, 0) is 92.1 Å². The summed E-state index contributed by atoms with van der Waals surface area (Å²) in [6.07, 6.45) is 5.64. The molecule has 2 fully saturated rings. The third-order valence-electron chi connectivity index (χ3n) is 6.51. The average Bonchev–Trinajstić information content (AvgIpc) is 3.22. The molecule has 3 aromatic carbocycles. The minimum atomic E-state index is -0.290. The standard InChI is InChI=1S/C30H30FN3O2S/c1-2-34-29(35)28(20-22-9-8-11-26(19-22)36-21-23-10-4-5-12-27(23)31)37-30(34)32-24-13-15-25(16-14-24)33-17-6-3-7-18-33/h4-5,8-16,19-20H,2-3,6-7,17-18,21H2,1H3/b28-20-,32-30?. The van der Waals surface area contributed by atoms with Gasteiger partial charge < -0.3 is 9.64 Å². The van der Waals surface area contributed by atoms with Gasteiger partial charge in [-0.1, -0.05) is 30.3 Å². The Kier molecular flexibility index (Phi) is 7.90. The number of amidine groups is 1. The highest BCUT2D eigenvalue weighted by molar-refractivity contribution is 8.18. The first kappa shape index (κ1) is 25.1. The lowest BCUT2D eigenvalue weighted by molar-refractivity contribution is -0.122. The van der Waals surface area contributed by atoms with Gasteiger partial charge in [0.15, 0.2) is 5.17 Å². The van der Waals surface area contributed by atoms with Crippen LogP contribution in [0.2, 0.25) is 0 Å². The average molecular weight is 516 g/mol. The number of likely N-dealkylation sites (N-methyl/N-ethyl adjacent to an activating group) is 1. The molecule has 2 heterocycles. The molecule has 0 atom stereocenters. The van der Waals surface area contributed by atoms with Gasteiger partial charge in [-0.15, -0.1) is 0 Å². The summed E-state index contributed by atoms with van der Waals surface area (Å²) in [6, 6.07) is 22.3. The molecule has 2 saturated heterocycles. The number of rotatable bonds is 7. The Labute approximate surface area is 221 Å². The number of amides is 1. The molecule has 2 aliphatic rings. The van der Waals surface area contributed by atoms with Gasteiger partial charge in [-0.25, -0.2) is 9.38 Å². The summed E-state index contributed by atoms with van der Waals surface area (Å²) in [6.45, 7) is 4.83. The molecule has 0 aromatic heterocycles. The van der Waals surface area contributed by atoms with Crippen LogP contribution in [-0.2, 0) is 11.4 Å². The molecule has 0 saturated carbocycles. The van der Waals surface area contributed by atoms with Crippen molar-refractivity contribution >= 4 is 40.3 Å². The van der Waals surface area contributed by atoms with Gasteiger partial charge >= 0.3 is 0 Å². The Morgan fingerprint density at radius 3 is 2.54 bits per heavy atom. The van der Waals surface area contributed by atoms with Crippen LogP contribution in [0.25, 0.3) is 6.08 Å². The summed E-state index contributed by atoms with van der Waals surface area (Å²) in [7, 11) is 0. The number of carbonyl (C=O) groups excluding carboxylic acids is 1. The normalized spacial score (nSPS) is 18.2. The van der Waals surface area contributed by atoms with E-state index in [0.717, 1.165) is 24.3 Å². The first-order chi connectivity index (χ1) is 18.1. The number of hydrogen-bond donors (Lipinski definition) is 0. The maximum atomic E-state index is 13.9. The second-order valence-electron chi connectivity index (χ2n) is 9.07. The number of piperidine rings is 1. The minimum absolute atomic E-state index is 0.0612. The Morgan fingerprint density at radius 2 is 1.78 bits per heavy atom. The molecule has 190 valence electrons. The third kappa shape index (κ3) is 6.05. The molecule has 7 heteroatoms. The fourth-order valence-electron chi connectivity index (χ4n) is 4.49. The van der Waals surface area contributed by atoms with E-state index >= 15 is 0 Å². The van der Waals surface area contributed by atoms with Crippen LogP contribution in [0.15, 0.2) is 82.7 Å². The van der Waals surface area contributed by atoms with Gasteiger partial charge in [0.25, 0.3) is 5.91 Å². The van der Waals surface area contributed by atoms with Crippen LogP contribution < -0.4 is 9.64 Å². The van der Waals surface area contributed by atoms with Crippen molar-refractivity contribution in [3.8, 4) is 5.75 Å². The number of ether oxygens (including phenoxy) is 1. The van der Waals surface area contributed by atoms with Gasteiger partial charge in [-0.2, -0.15) is 0 Å². The van der Waals surface area contributed by atoms with E-state index in [1.165, 1.54) is 42.8 Å². The summed E-state index contributed by atoms with van der Waals surface area (Å²) < 4.78 is 19.7. The van der Waals surface area contributed by atoms with Crippen molar-refractivity contribution in [1.29, 1.82) is 0 Å². The number of hydrogen-bond acceptors (Lipinski definition) is 5. The predicted octanol–water partition coefficient (Wildman–Crippen LogP) is 7.02. The van der Waals surface area contributed by atoms with E-state index in [1.807, 2.05) is 49.4 Å². The molecule has 0 unspecified atom stereocenters. The van der Waals surface area contributed by atoms with Crippen molar-refractivity contribution < 1.29 is 13.9 Å². The van der Waals surface area contributed by atoms with Crippen molar-refractivity contribution in [1.82, 2.24) is 4.90 Å². The Balaban J connectivity index is 1.30. The molecule has 2 aliphatic heterocycles. The number of benzene rings is 3. The molecule has 0 radical (unpaired) electrons. The molecule has 5 rings (SSSR count). The van der Waals surface area contributed by atoms with E-state index in [4.69, 9.17) is 9.73 Å². The SMILES string of the molecule is CCN1C(=O)/C(=C/c2cccc(OCc3ccccc3F)c2)SC1=Nc1ccc(N2CCCCC2)cc1. The summed E-state index contributed by atoms with van der Waals surface area (Å²) in [5.41, 5.74) is 3.39. The molecule has 3 aromatic rings. The van der Waals surface area contributed by atoms with Crippen molar-refractivity contribution in [3.63, 3.8) is 0 Å². The highest BCUT2D eigenvalue weighted by Gasteiger charge is 2.32. The second kappa shape index (κ2) is 11.6. The van der Waals surface area contributed by atoms with Crippen LogP contribution in [0.1, 0.15) is 37.3 Å². The highest BCUT2D eigenvalue weighted by atomic mass is 32.2. The van der Waals surface area contributed by atoms with E-state index < -0.39 is 0 Å². The molecule has 0 spiro atoms. The van der Waals surface area contributed by atoms with Crippen LogP contribution in [0.5, 0.6) is 5.75 Å². The van der Waals surface area contributed by atoms with E-state index in [-0.39, 0.29) is 18.3 Å². The van der Waals surface area contributed by atoms with E-state index in [2.05, 4.69) is 17.0 Å². The number of anilines is 1. The lowest BCUT2D eigenvalue weighted by atomic mass is 10.1. The molecule has 0 N–H and O–H groups in total. The van der Waals surface area contributed by atoms with Gasteiger partial charge in [-0.3, -0.25) is 9.69 Å². The Morgan fingerprint density at radius 1 is 1.00 bits per heavy atom. The minimum Gasteiger partial charge on any atom is -0.489 e. The van der Waals surface area contributed by atoms with Crippen molar-refractivity contribution in [2.45, 2.75) is 32.8 Å². The zero-order chi connectivity index (χ0) is 25.6. The zero-order valence-electron chi connectivity index (χ0n) is 20.9. The lowest BCUT2D eigenvalue weighted by Gasteiger charge is -2.28. The topological polar surface area (TPSA) is 45.1 Å². The lowest BCUT2D eigenvalue weighted by Crippen LogP contribution is -2.29. The molecule has 0 bridgehead atoms. The first-order valence-electron chi connectivity index (χ1n) is 12.7. The fourth-order valence-corrected chi connectivity index (χ4v) is 5.56. The summed E-state index contributed by atoms with van der Waals surface area (Å²) in [5.74, 6) is 0.262. The molecular weight excluding hydrogens is 485 g/mol. The molecular formula is C30H30FN3O2S. The number of nitrogens with zero attached hydrogens (tertiary/aromatic N) is 3. The predicted molar refractivity (Wildman–Crippen MR) is 150 cm³/mol. The maximum Gasteiger partial charge on any atom is 0.266 e. The van der Waals surface area contributed by atoms with Gasteiger partial charge in [0.2, 0.25) is 0 Å². The zero-order valence-corrected chi connectivity index (χ0v) is 21.7. The summed E-state index contributed by atoms with van der Waals surface area (Å²) in [4.78, 5) is 22.6. The summed E-state index contributed by atoms with van der Waals surface area (Å²) in [5, 5.41) is 0.677. The largest absolute Gasteiger partial charge is 0.489 e. The van der Waals surface area contributed by atoms with Crippen LogP contribution in [0.3, 0.4) is 0 Å². The molecule has 0 aliphatic carbocycles. The number of halogens is 1. The van der Waals surface area contributed by atoms with E-state index in [0.29, 0.717) is 27.9 Å². The van der Waals surface area contributed by atoms with Crippen LogP contribution in [0, 0.1) is 5.82 Å². The van der Waals surface area contributed by atoms with Crippen molar-refractivity contribution in [2.75, 3.05) is 24.5 Å². The smallest absolute Gasteiger partial charge is 0.266 e. The Hall–Kier alpha value is -3.58. The van der Waals surface area contributed by atoms with E-state index in [9.17, 15) is 9.18 Å². The van der Waals surface area contributed by atoms with Crippen molar-refractivity contribution in [2.24, 2.45) is 4.99 Å². The van der Waals surface area contributed by atoms with Gasteiger partial charge in [0.05, 0.1) is 10.6 Å². The quantitative estimate of drug-likeness (QED) is 0.317. The number of thioether (sulfide) groups is 1. The number of aliphatic imine (C=N–C) groups is 1. The monoisotopic (exact) mass is 515 g/mol. The molecule has 1 amide bonds. The maximum absolute atomic E-state index is 13.9. The van der Waals surface area contributed by atoms with Crippen LogP contribution in [0.4, 0.5) is 15.8 Å². The highest BCUT2D eigenvalue weighted by Crippen LogP contribution is 2.35. The van der Waals surface area contributed by atoms with E-state index in [1.54, 1.807) is 23.1 Å². The second-order valence-corrected chi connectivity index (χ2v) is 10.1. The van der Waals surface area contributed by atoms with Crippen LogP contribution >= 0.6 is 11.8 Å². The molecule has 37 heavy (non-hydrogen) atoms. The molecule has 5 nitrogen and oxygen atoms in total. The first-order valence-corrected chi connectivity index (χ1v) is 13.5.